The summed E-state index contributed by atoms with van der Waals surface area (Å²) in [5, 5.41) is 11.6. The summed E-state index contributed by atoms with van der Waals surface area (Å²) in [6, 6.07) is 8.90. The van der Waals surface area contributed by atoms with Crippen molar-refractivity contribution in [2.24, 2.45) is 5.73 Å². The summed E-state index contributed by atoms with van der Waals surface area (Å²) < 4.78 is 37.7. The number of amides is 2. The molecule has 3 N–H and O–H groups in total. The van der Waals surface area contributed by atoms with Crippen molar-refractivity contribution in [1.29, 1.82) is 5.26 Å². The first-order valence-corrected chi connectivity index (χ1v) is 7.31. The molecule has 0 aliphatic rings. The van der Waals surface area contributed by atoms with Gasteiger partial charge in [0.1, 0.15) is 0 Å². The molecule has 1 atom stereocenters. The van der Waals surface area contributed by atoms with E-state index in [1.807, 2.05) is 0 Å². The second-order valence-electron chi connectivity index (χ2n) is 5.31. The maximum atomic E-state index is 12.6. The van der Waals surface area contributed by atoms with Crippen LogP contribution in [0.5, 0.6) is 0 Å². The Balaban J connectivity index is 2.18. The molecule has 0 saturated heterocycles. The molecule has 2 rings (SSSR count). The van der Waals surface area contributed by atoms with Crippen molar-refractivity contribution in [2.75, 3.05) is 0 Å². The molecule has 0 unspecified atom stereocenters. The first-order valence-electron chi connectivity index (χ1n) is 7.31. The zero-order valence-electron chi connectivity index (χ0n) is 13.2. The van der Waals surface area contributed by atoms with Crippen LogP contribution in [0.2, 0.25) is 0 Å². The van der Waals surface area contributed by atoms with E-state index >= 15 is 0 Å². The number of nitrogens with zero attached hydrogens (tertiary/aromatic N) is 2. The highest BCUT2D eigenvalue weighted by Crippen LogP contribution is 2.29. The summed E-state index contributed by atoms with van der Waals surface area (Å²) in [7, 11) is 0. The third-order valence-corrected chi connectivity index (χ3v) is 3.51. The molecule has 26 heavy (non-hydrogen) atoms. The quantitative estimate of drug-likeness (QED) is 0.797. The molecule has 0 bridgehead atoms. The highest BCUT2D eigenvalue weighted by Gasteiger charge is 2.31. The molecule has 0 fully saturated rings. The van der Waals surface area contributed by atoms with E-state index < -0.39 is 29.5 Å². The predicted molar refractivity (Wildman–Crippen MR) is 84.8 cm³/mol. The van der Waals surface area contributed by atoms with Crippen molar-refractivity contribution < 1.29 is 22.8 Å². The van der Waals surface area contributed by atoms with Crippen molar-refractivity contribution in [1.82, 2.24) is 10.3 Å². The number of aromatic nitrogens is 1. The monoisotopic (exact) mass is 362 g/mol. The van der Waals surface area contributed by atoms with Gasteiger partial charge in [0.2, 0.25) is 0 Å². The number of urea groups is 1. The number of carbonyl (C=O) groups excluding carboxylic acids is 2. The fourth-order valence-electron chi connectivity index (χ4n) is 2.15. The van der Waals surface area contributed by atoms with E-state index in [9.17, 15) is 28.0 Å². The number of primary amides is 1. The number of hydrogen-bond acceptors (Lipinski definition) is 4. The molecule has 9 heteroatoms. The van der Waals surface area contributed by atoms with Gasteiger partial charge in [-0.05, 0) is 17.7 Å². The molecule has 2 aromatic rings. The fourth-order valence-corrected chi connectivity index (χ4v) is 2.15. The Hall–Kier alpha value is -3.41. The molecule has 0 radical (unpaired) electrons. The van der Waals surface area contributed by atoms with Gasteiger partial charge in [0.05, 0.1) is 17.3 Å². The Morgan fingerprint density at radius 3 is 2.31 bits per heavy atom. The Morgan fingerprint density at radius 2 is 1.85 bits per heavy atom. The second kappa shape index (κ2) is 7.65. The summed E-state index contributed by atoms with van der Waals surface area (Å²) in [5.41, 5.74) is 4.81. The topological polar surface area (TPSA) is 109 Å². The van der Waals surface area contributed by atoms with Crippen molar-refractivity contribution in [3.63, 3.8) is 0 Å². The molecule has 134 valence electrons. The second-order valence-corrected chi connectivity index (χ2v) is 5.31. The van der Waals surface area contributed by atoms with Crippen LogP contribution in [0.1, 0.15) is 33.1 Å². The third-order valence-electron chi connectivity index (χ3n) is 3.51. The molecule has 0 aliphatic heterocycles. The van der Waals surface area contributed by atoms with Gasteiger partial charge in [0.15, 0.2) is 11.7 Å². The van der Waals surface area contributed by atoms with E-state index in [2.05, 4.69) is 10.3 Å². The van der Waals surface area contributed by atoms with E-state index in [-0.39, 0.29) is 17.8 Å². The summed E-state index contributed by atoms with van der Waals surface area (Å²) in [6.45, 7) is 0.173. The van der Waals surface area contributed by atoms with Crippen LogP contribution in [-0.4, -0.2) is 16.8 Å². The average Bonchev–Trinajstić information content (AvgIpc) is 2.60. The number of benzene rings is 1. The normalized spacial score (nSPS) is 12.1. The van der Waals surface area contributed by atoms with Gasteiger partial charge < -0.3 is 11.1 Å². The van der Waals surface area contributed by atoms with Crippen molar-refractivity contribution in [2.45, 2.75) is 18.6 Å². The van der Waals surface area contributed by atoms with Crippen molar-refractivity contribution in [3.8, 4) is 6.07 Å². The summed E-state index contributed by atoms with van der Waals surface area (Å²) in [5.74, 6) is -1.92. The molecule has 0 spiro atoms. The zero-order valence-corrected chi connectivity index (χ0v) is 13.2. The average molecular weight is 362 g/mol. The van der Waals surface area contributed by atoms with Crippen LogP contribution in [0.4, 0.5) is 18.0 Å². The largest absolute Gasteiger partial charge is 0.417 e. The number of nitrogens with one attached hydrogen (secondary N) is 1. The van der Waals surface area contributed by atoms with Crippen molar-refractivity contribution in [3.05, 3.63) is 65.0 Å². The molecular weight excluding hydrogens is 349 g/mol. The molecule has 6 nitrogen and oxygen atoms in total. The van der Waals surface area contributed by atoms with Gasteiger partial charge in [0.25, 0.3) is 0 Å². The highest BCUT2D eigenvalue weighted by molar-refractivity contribution is 6.02. The van der Waals surface area contributed by atoms with Crippen LogP contribution in [0, 0.1) is 11.3 Å². The van der Waals surface area contributed by atoms with Gasteiger partial charge in [-0.1, -0.05) is 24.3 Å². The Labute approximate surface area is 146 Å². The number of ketones is 1. The number of Topliss-reactive ketones (excluding diaryl/α,β-unsaturated/α-hetero) is 1. The molecule has 1 aromatic heterocycles. The zero-order chi connectivity index (χ0) is 19.3. The first kappa shape index (κ1) is 18.9. The maximum Gasteiger partial charge on any atom is 0.417 e. The first-order chi connectivity index (χ1) is 12.2. The lowest BCUT2D eigenvalue weighted by atomic mass is 9.94. The van der Waals surface area contributed by atoms with Crippen LogP contribution in [0.25, 0.3) is 0 Å². The molecule has 0 saturated carbocycles. The van der Waals surface area contributed by atoms with E-state index in [4.69, 9.17) is 5.73 Å². The van der Waals surface area contributed by atoms with Gasteiger partial charge in [-0.2, -0.15) is 18.4 Å². The number of rotatable bonds is 5. The highest BCUT2D eigenvalue weighted by atomic mass is 19.4. The minimum absolute atomic E-state index is 0.0648. The maximum absolute atomic E-state index is 12.6. The number of nitriles is 1. The smallest absolute Gasteiger partial charge is 0.352 e. The van der Waals surface area contributed by atoms with Gasteiger partial charge in [0, 0.05) is 18.3 Å². The van der Waals surface area contributed by atoms with E-state index in [1.54, 1.807) is 18.2 Å². The van der Waals surface area contributed by atoms with Gasteiger partial charge in [-0.25, -0.2) is 4.79 Å². The molecule has 2 amide bonds. The summed E-state index contributed by atoms with van der Waals surface area (Å²) in [4.78, 5) is 26.7. The Morgan fingerprint density at radius 1 is 1.19 bits per heavy atom. The molecular formula is C17H13F3N4O2. The number of alkyl halides is 3. The fraction of sp³-hybridized carbons (Fsp3) is 0.176. The lowest BCUT2D eigenvalue weighted by molar-refractivity contribution is -0.137. The SMILES string of the molecule is N#C[C@H](C(=O)c1ccc(CNC(N)=O)cc1)c1ccc(C(F)(F)F)cn1. The number of halogens is 3. The Bertz CT molecular complexity index is 840. The van der Waals surface area contributed by atoms with Crippen LogP contribution >= 0.6 is 0 Å². The number of carbonyl (C=O) groups is 2. The number of pyridine rings is 1. The van der Waals surface area contributed by atoms with Gasteiger partial charge in [-0.15, -0.1) is 0 Å². The standard InChI is InChI=1S/C17H13F3N4O2/c18-17(19,20)12-5-6-14(23-9-12)13(7-21)15(25)11-3-1-10(2-4-11)8-24-16(22)26/h1-6,9,13H,8H2,(H3,22,24,26)/t13-/m0/s1. The number of hydrogen-bond donors (Lipinski definition) is 2. The minimum Gasteiger partial charge on any atom is -0.352 e. The Kier molecular flexibility index (Phi) is 5.57. The predicted octanol–water partition coefficient (Wildman–Crippen LogP) is 2.76. The molecule has 1 heterocycles. The third kappa shape index (κ3) is 4.57. The minimum atomic E-state index is -4.55. The van der Waals surface area contributed by atoms with E-state index in [0.717, 1.165) is 12.1 Å². The van der Waals surface area contributed by atoms with Crippen molar-refractivity contribution >= 4 is 11.8 Å². The lowest BCUT2D eigenvalue weighted by Gasteiger charge is -2.11. The summed E-state index contributed by atoms with van der Waals surface area (Å²) >= 11 is 0. The van der Waals surface area contributed by atoms with Crippen LogP contribution < -0.4 is 11.1 Å². The number of nitrogens with two attached hydrogens (primary N) is 1. The van der Waals surface area contributed by atoms with E-state index in [0.29, 0.717) is 11.8 Å². The lowest BCUT2D eigenvalue weighted by Crippen LogP contribution is -2.28. The van der Waals surface area contributed by atoms with E-state index in [1.165, 1.54) is 12.1 Å². The molecule has 0 aliphatic carbocycles. The van der Waals surface area contributed by atoms with Crippen LogP contribution in [-0.2, 0) is 12.7 Å². The van der Waals surface area contributed by atoms with Crippen LogP contribution in [0.3, 0.4) is 0 Å². The van der Waals surface area contributed by atoms with Gasteiger partial charge >= 0.3 is 12.2 Å². The summed E-state index contributed by atoms with van der Waals surface area (Å²) in [6.07, 6.45) is -3.96. The van der Waals surface area contributed by atoms with Gasteiger partial charge in [-0.3, -0.25) is 9.78 Å². The van der Waals surface area contributed by atoms with Crippen LogP contribution in [0.15, 0.2) is 42.6 Å². The molecule has 1 aromatic carbocycles.